The molecule has 2 saturated heterocycles. The molecule has 0 atom stereocenters. The predicted molar refractivity (Wildman–Crippen MR) is 101 cm³/mol. The van der Waals surface area contributed by atoms with Crippen LogP contribution in [0.15, 0.2) is 12.3 Å². The van der Waals surface area contributed by atoms with Crippen molar-refractivity contribution in [2.45, 2.75) is 32.7 Å². The summed E-state index contributed by atoms with van der Waals surface area (Å²) in [5.74, 6) is 3.02. The van der Waals surface area contributed by atoms with Crippen LogP contribution in [0.25, 0.3) is 0 Å². The number of rotatable bonds is 4. The minimum absolute atomic E-state index is 0.865. The molecule has 2 fully saturated rings. The number of aromatic nitrogens is 5. The first-order valence-electron chi connectivity index (χ1n) is 9.60. The molecule has 2 aromatic heterocycles. The molecule has 0 N–H and O–H groups in total. The molecule has 0 aliphatic carbocycles. The third kappa shape index (κ3) is 3.95. The standard InChI is InChI=1S/C18H28N8/c1-15-19-17(25-6-4-3-5-7-25)12-18(20-15)26-10-8-24(9-11-26)14-16-13-23(2)22-21-16/h12-13H,3-11,14H2,1-2H3. The van der Waals surface area contributed by atoms with E-state index in [0.717, 1.165) is 69.0 Å². The fourth-order valence-corrected chi connectivity index (χ4v) is 3.82. The second kappa shape index (κ2) is 7.57. The third-order valence-corrected chi connectivity index (χ3v) is 5.22. The van der Waals surface area contributed by atoms with Gasteiger partial charge in [-0.1, -0.05) is 5.21 Å². The molecule has 0 unspecified atom stereocenters. The van der Waals surface area contributed by atoms with Crippen LogP contribution in [-0.2, 0) is 13.6 Å². The van der Waals surface area contributed by atoms with Crippen molar-refractivity contribution in [1.82, 2.24) is 29.9 Å². The Morgan fingerprint density at radius 3 is 2.15 bits per heavy atom. The fourth-order valence-electron chi connectivity index (χ4n) is 3.82. The Balaban J connectivity index is 1.39. The molecule has 0 saturated carbocycles. The quantitative estimate of drug-likeness (QED) is 0.816. The SMILES string of the molecule is Cc1nc(N2CCCCC2)cc(N2CCN(Cc3cn(C)nn3)CC2)n1. The van der Waals surface area contributed by atoms with Gasteiger partial charge in [-0.05, 0) is 26.2 Å². The van der Waals surface area contributed by atoms with Crippen LogP contribution in [0.4, 0.5) is 11.6 Å². The van der Waals surface area contributed by atoms with Gasteiger partial charge in [0.15, 0.2) is 0 Å². The summed E-state index contributed by atoms with van der Waals surface area (Å²) in [7, 11) is 1.91. The Hall–Kier alpha value is -2.22. The Morgan fingerprint density at radius 1 is 0.885 bits per heavy atom. The van der Waals surface area contributed by atoms with Crippen LogP contribution >= 0.6 is 0 Å². The highest BCUT2D eigenvalue weighted by Gasteiger charge is 2.21. The van der Waals surface area contributed by atoms with Crippen molar-refractivity contribution in [3.05, 3.63) is 23.8 Å². The van der Waals surface area contributed by atoms with Crippen molar-refractivity contribution in [3.8, 4) is 0 Å². The molecule has 0 amide bonds. The number of hydrogen-bond acceptors (Lipinski definition) is 7. The average molecular weight is 356 g/mol. The first-order valence-corrected chi connectivity index (χ1v) is 9.60. The second-order valence-electron chi connectivity index (χ2n) is 7.33. The van der Waals surface area contributed by atoms with E-state index in [1.165, 1.54) is 19.3 Å². The van der Waals surface area contributed by atoms with Gasteiger partial charge in [-0.15, -0.1) is 5.10 Å². The smallest absolute Gasteiger partial charge is 0.134 e. The van der Waals surface area contributed by atoms with Crippen molar-refractivity contribution in [1.29, 1.82) is 0 Å². The Morgan fingerprint density at radius 2 is 1.54 bits per heavy atom. The van der Waals surface area contributed by atoms with E-state index in [1.807, 2.05) is 20.2 Å². The highest BCUT2D eigenvalue weighted by atomic mass is 15.4. The van der Waals surface area contributed by atoms with Crippen LogP contribution in [-0.4, -0.2) is 69.1 Å². The molecule has 26 heavy (non-hydrogen) atoms. The van der Waals surface area contributed by atoms with Crippen LogP contribution in [0.3, 0.4) is 0 Å². The van der Waals surface area contributed by atoms with Gasteiger partial charge in [0.2, 0.25) is 0 Å². The van der Waals surface area contributed by atoms with Gasteiger partial charge < -0.3 is 9.80 Å². The third-order valence-electron chi connectivity index (χ3n) is 5.22. The highest BCUT2D eigenvalue weighted by molar-refractivity contribution is 5.51. The summed E-state index contributed by atoms with van der Waals surface area (Å²) < 4.78 is 1.76. The fraction of sp³-hybridized carbons (Fsp3) is 0.667. The van der Waals surface area contributed by atoms with E-state index >= 15 is 0 Å². The van der Waals surface area contributed by atoms with Gasteiger partial charge in [-0.2, -0.15) is 0 Å². The van der Waals surface area contributed by atoms with E-state index in [0.29, 0.717) is 0 Å². The Kier molecular flexibility index (Phi) is 5.01. The van der Waals surface area contributed by atoms with Crippen molar-refractivity contribution in [3.63, 3.8) is 0 Å². The number of anilines is 2. The van der Waals surface area contributed by atoms with Crippen LogP contribution in [0.5, 0.6) is 0 Å². The average Bonchev–Trinajstić information content (AvgIpc) is 3.07. The lowest BCUT2D eigenvalue weighted by atomic mass is 10.1. The minimum Gasteiger partial charge on any atom is -0.356 e. The van der Waals surface area contributed by atoms with Gasteiger partial charge in [0, 0.05) is 65.1 Å². The van der Waals surface area contributed by atoms with Gasteiger partial charge in [-0.25, -0.2) is 9.97 Å². The molecule has 0 bridgehead atoms. The van der Waals surface area contributed by atoms with Crippen molar-refractivity contribution < 1.29 is 0 Å². The number of piperazine rings is 1. The van der Waals surface area contributed by atoms with E-state index < -0.39 is 0 Å². The molecular formula is C18H28N8. The summed E-state index contributed by atoms with van der Waals surface area (Å²) >= 11 is 0. The van der Waals surface area contributed by atoms with Crippen LogP contribution in [0, 0.1) is 6.92 Å². The van der Waals surface area contributed by atoms with Crippen LogP contribution in [0.1, 0.15) is 30.8 Å². The summed E-state index contributed by atoms with van der Waals surface area (Å²) in [5.41, 5.74) is 1.03. The first-order chi connectivity index (χ1) is 12.7. The first kappa shape index (κ1) is 17.2. The van der Waals surface area contributed by atoms with E-state index in [9.17, 15) is 0 Å². The lowest BCUT2D eigenvalue weighted by molar-refractivity contribution is 0.246. The lowest BCUT2D eigenvalue weighted by Crippen LogP contribution is -2.46. The zero-order valence-electron chi connectivity index (χ0n) is 15.8. The zero-order chi connectivity index (χ0) is 17.9. The molecule has 140 valence electrons. The van der Waals surface area contributed by atoms with Crippen molar-refractivity contribution in [2.75, 3.05) is 49.1 Å². The van der Waals surface area contributed by atoms with Gasteiger partial charge in [-0.3, -0.25) is 9.58 Å². The van der Waals surface area contributed by atoms with E-state index in [2.05, 4.69) is 36.1 Å². The number of aryl methyl sites for hydroxylation is 2. The normalized spacial score (nSPS) is 19.2. The van der Waals surface area contributed by atoms with E-state index in [4.69, 9.17) is 4.98 Å². The number of nitrogens with zero attached hydrogens (tertiary/aromatic N) is 8. The molecule has 2 aliphatic heterocycles. The maximum atomic E-state index is 4.71. The number of hydrogen-bond donors (Lipinski definition) is 0. The van der Waals surface area contributed by atoms with Crippen molar-refractivity contribution >= 4 is 11.6 Å². The maximum absolute atomic E-state index is 4.71. The predicted octanol–water partition coefficient (Wildman–Crippen LogP) is 1.23. The highest BCUT2D eigenvalue weighted by Crippen LogP contribution is 2.23. The second-order valence-corrected chi connectivity index (χ2v) is 7.33. The molecule has 0 aromatic carbocycles. The molecule has 2 aliphatic rings. The van der Waals surface area contributed by atoms with Gasteiger partial charge in [0.05, 0.1) is 5.69 Å². The van der Waals surface area contributed by atoms with Gasteiger partial charge in [0.25, 0.3) is 0 Å². The van der Waals surface area contributed by atoms with Crippen LogP contribution < -0.4 is 9.80 Å². The minimum atomic E-state index is 0.865. The largest absolute Gasteiger partial charge is 0.356 e. The molecule has 0 radical (unpaired) electrons. The summed E-state index contributed by atoms with van der Waals surface area (Å²) in [5, 5.41) is 8.21. The summed E-state index contributed by atoms with van der Waals surface area (Å²) in [6.07, 6.45) is 5.85. The molecule has 2 aromatic rings. The molecule has 4 heterocycles. The van der Waals surface area contributed by atoms with Crippen LogP contribution in [0.2, 0.25) is 0 Å². The molecule has 8 heteroatoms. The number of piperidine rings is 1. The van der Waals surface area contributed by atoms with Gasteiger partial charge in [0.1, 0.15) is 17.5 Å². The van der Waals surface area contributed by atoms with E-state index in [1.54, 1.807) is 4.68 Å². The summed E-state index contributed by atoms with van der Waals surface area (Å²) in [4.78, 5) is 16.6. The summed E-state index contributed by atoms with van der Waals surface area (Å²) in [6, 6.07) is 2.18. The molecule has 4 rings (SSSR count). The summed E-state index contributed by atoms with van der Waals surface area (Å²) in [6.45, 7) is 9.08. The maximum Gasteiger partial charge on any atom is 0.134 e. The van der Waals surface area contributed by atoms with E-state index in [-0.39, 0.29) is 0 Å². The molecule has 0 spiro atoms. The molecule has 8 nitrogen and oxygen atoms in total. The van der Waals surface area contributed by atoms with Gasteiger partial charge >= 0.3 is 0 Å². The molecular weight excluding hydrogens is 328 g/mol. The Bertz CT molecular complexity index is 729. The topological polar surface area (TPSA) is 66.2 Å². The Labute approximate surface area is 154 Å². The van der Waals surface area contributed by atoms with Crippen molar-refractivity contribution in [2.24, 2.45) is 7.05 Å². The monoisotopic (exact) mass is 356 g/mol. The lowest BCUT2D eigenvalue weighted by Gasteiger charge is -2.35. The zero-order valence-corrected chi connectivity index (χ0v) is 15.8.